The molecule has 1 aliphatic heterocycles. The highest BCUT2D eigenvalue weighted by Gasteiger charge is 2.36. The normalized spacial score (nSPS) is 27.5. The van der Waals surface area contributed by atoms with E-state index in [9.17, 15) is 0 Å². The number of hydrogen-bond acceptors (Lipinski definition) is 2. The monoisotopic (exact) mass is 199 g/mol. The van der Waals surface area contributed by atoms with E-state index in [2.05, 4.69) is 24.1 Å². The lowest BCUT2D eigenvalue weighted by Gasteiger charge is -2.30. The molecule has 1 atom stereocenters. The van der Waals surface area contributed by atoms with Crippen molar-refractivity contribution in [2.24, 2.45) is 17.8 Å². The van der Waals surface area contributed by atoms with Crippen LogP contribution in [0.15, 0.2) is 0 Å². The molecule has 2 rings (SSSR count). The Morgan fingerprint density at radius 1 is 1.15 bits per heavy atom. The van der Waals surface area contributed by atoms with Gasteiger partial charge in [0.05, 0.1) is 0 Å². The summed E-state index contributed by atoms with van der Waals surface area (Å²) in [5.74, 6) is 5.96. The molecule has 1 heterocycles. The second-order valence-corrected chi connectivity index (χ2v) is 5.73. The van der Waals surface area contributed by atoms with Crippen LogP contribution in [0.5, 0.6) is 0 Å². The largest absolute Gasteiger partial charge is 0.319 e. The topological polar surface area (TPSA) is 12.0 Å². The van der Waals surface area contributed by atoms with Crippen molar-refractivity contribution in [3.8, 4) is 0 Å². The van der Waals surface area contributed by atoms with Crippen molar-refractivity contribution in [2.75, 3.05) is 25.1 Å². The first kappa shape index (κ1) is 9.85. The lowest BCUT2D eigenvalue weighted by Crippen LogP contribution is -2.30. The van der Waals surface area contributed by atoms with Gasteiger partial charge in [0.2, 0.25) is 0 Å². The average molecular weight is 199 g/mol. The first-order valence-electron chi connectivity index (χ1n) is 5.64. The van der Waals surface area contributed by atoms with Crippen LogP contribution in [0.2, 0.25) is 0 Å². The van der Waals surface area contributed by atoms with Gasteiger partial charge in [0.25, 0.3) is 0 Å². The van der Waals surface area contributed by atoms with Crippen LogP contribution in [-0.4, -0.2) is 25.1 Å². The van der Waals surface area contributed by atoms with Crippen molar-refractivity contribution < 1.29 is 0 Å². The van der Waals surface area contributed by atoms with Crippen LogP contribution in [0.4, 0.5) is 0 Å². The van der Waals surface area contributed by atoms with Gasteiger partial charge in [-0.25, -0.2) is 0 Å². The quantitative estimate of drug-likeness (QED) is 0.746. The number of nitrogens with one attached hydrogen (secondary N) is 1. The number of thioether (sulfide) groups is 1. The lowest BCUT2D eigenvalue weighted by atomic mass is 9.84. The maximum absolute atomic E-state index is 3.38. The summed E-state index contributed by atoms with van der Waals surface area (Å²) in [6.45, 7) is 1.26. The third kappa shape index (κ3) is 2.63. The van der Waals surface area contributed by atoms with Crippen molar-refractivity contribution >= 4 is 11.8 Å². The lowest BCUT2D eigenvalue weighted by molar-refractivity contribution is 0.272. The zero-order chi connectivity index (χ0) is 9.10. The summed E-state index contributed by atoms with van der Waals surface area (Å²) in [6, 6.07) is 0. The molecule has 1 aliphatic carbocycles. The molecule has 13 heavy (non-hydrogen) atoms. The molecule has 0 bridgehead atoms. The molecule has 0 radical (unpaired) electrons. The summed E-state index contributed by atoms with van der Waals surface area (Å²) < 4.78 is 0. The van der Waals surface area contributed by atoms with Crippen molar-refractivity contribution in [1.29, 1.82) is 0 Å². The van der Waals surface area contributed by atoms with Gasteiger partial charge in [0, 0.05) is 0 Å². The van der Waals surface area contributed by atoms with Gasteiger partial charge in [-0.05, 0) is 68.5 Å². The molecule has 1 N–H and O–H groups in total. The molecule has 2 heteroatoms. The summed E-state index contributed by atoms with van der Waals surface area (Å²) in [7, 11) is 2.10. The summed E-state index contributed by atoms with van der Waals surface area (Å²) in [6.07, 6.45) is 5.98. The maximum Gasteiger partial charge on any atom is -0.00182 e. The van der Waals surface area contributed by atoms with E-state index in [1.54, 1.807) is 0 Å². The van der Waals surface area contributed by atoms with Crippen molar-refractivity contribution in [3.63, 3.8) is 0 Å². The molecule has 0 aromatic rings. The highest BCUT2D eigenvalue weighted by molar-refractivity contribution is 7.99. The highest BCUT2D eigenvalue weighted by atomic mass is 32.2. The standard InChI is InChI=1S/C11H21NS/c1-12-8-11(9-2-3-9)10-4-6-13-7-5-10/h9-12H,2-8H2,1H3. The minimum Gasteiger partial charge on any atom is -0.319 e. The molecule has 0 amide bonds. The Kier molecular flexibility index (Phi) is 3.56. The van der Waals surface area contributed by atoms with Crippen LogP contribution in [0, 0.1) is 17.8 Å². The molecular formula is C11H21NS. The van der Waals surface area contributed by atoms with E-state index in [0.717, 1.165) is 17.8 Å². The number of rotatable bonds is 4. The summed E-state index contributed by atoms with van der Waals surface area (Å²) in [4.78, 5) is 0. The Bertz CT molecular complexity index is 150. The van der Waals surface area contributed by atoms with E-state index in [0.29, 0.717) is 0 Å². The zero-order valence-corrected chi connectivity index (χ0v) is 9.41. The van der Waals surface area contributed by atoms with Gasteiger partial charge in [-0.15, -0.1) is 0 Å². The third-order valence-electron chi connectivity index (χ3n) is 3.54. The van der Waals surface area contributed by atoms with Gasteiger partial charge in [-0.3, -0.25) is 0 Å². The van der Waals surface area contributed by atoms with Gasteiger partial charge in [0.1, 0.15) is 0 Å². The van der Waals surface area contributed by atoms with Crippen molar-refractivity contribution in [1.82, 2.24) is 5.32 Å². The first-order chi connectivity index (χ1) is 6.42. The molecule has 0 spiro atoms. The third-order valence-corrected chi connectivity index (χ3v) is 4.59. The molecule has 2 aliphatic rings. The van der Waals surface area contributed by atoms with Gasteiger partial charge >= 0.3 is 0 Å². The van der Waals surface area contributed by atoms with Gasteiger partial charge in [-0.1, -0.05) is 0 Å². The van der Waals surface area contributed by atoms with Gasteiger partial charge < -0.3 is 5.32 Å². The van der Waals surface area contributed by atoms with E-state index < -0.39 is 0 Å². The van der Waals surface area contributed by atoms with Crippen molar-refractivity contribution in [3.05, 3.63) is 0 Å². The first-order valence-corrected chi connectivity index (χ1v) is 6.79. The Morgan fingerprint density at radius 3 is 2.31 bits per heavy atom. The minimum absolute atomic E-state index is 1.01. The zero-order valence-electron chi connectivity index (χ0n) is 8.59. The average Bonchev–Trinajstić information content (AvgIpc) is 2.99. The molecule has 0 aromatic carbocycles. The van der Waals surface area contributed by atoms with E-state index >= 15 is 0 Å². The van der Waals surface area contributed by atoms with Gasteiger partial charge in [0.15, 0.2) is 0 Å². The Balaban J connectivity index is 1.84. The van der Waals surface area contributed by atoms with Crippen LogP contribution < -0.4 is 5.32 Å². The van der Waals surface area contributed by atoms with E-state index in [-0.39, 0.29) is 0 Å². The molecule has 1 unspecified atom stereocenters. The molecule has 1 nitrogen and oxygen atoms in total. The fraction of sp³-hybridized carbons (Fsp3) is 1.00. The predicted octanol–water partition coefficient (Wildman–Crippen LogP) is 2.38. The summed E-state index contributed by atoms with van der Waals surface area (Å²) >= 11 is 2.15. The Morgan fingerprint density at radius 2 is 1.77 bits per heavy atom. The molecule has 1 saturated heterocycles. The molecule has 0 aromatic heterocycles. The van der Waals surface area contributed by atoms with E-state index in [4.69, 9.17) is 0 Å². The Hall–Kier alpha value is 0.310. The number of hydrogen-bond donors (Lipinski definition) is 1. The van der Waals surface area contributed by atoms with Crippen LogP contribution in [0.25, 0.3) is 0 Å². The van der Waals surface area contributed by atoms with E-state index in [1.165, 1.54) is 43.7 Å². The van der Waals surface area contributed by atoms with Crippen molar-refractivity contribution in [2.45, 2.75) is 25.7 Å². The molecule has 76 valence electrons. The molecule has 1 saturated carbocycles. The van der Waals surface area contributed by atoms with Crippen LogP contribution in [0.3, 0.4) is 0 Å². The smallest absolute Gasteiger partial charge is 0.00182 e. The summed E-state index contributed by atoms with van der Waals surface area (Å²) in [5, 5.41) is 3.38. The fourth-order valence-electron chi connectivity index (χ4n) is 2.62. The second kappa shape index (κ2) is 4.70. The SMILES string of the molecule is CNCC(C1CCSCC1)C1CC1. The highest BCUT2D eigenvalue weighted by Crippen LogP contribution is 2.43. The molecular weight excluding hydrogens is 178 g/mol. The Labute approximate surface area is 86.0 Å². The maximum atomic E-state index is 3.38. The van der Waals surface area contributed by atoms with Crippen LogP contribution >= 0.6 is 11.8 Å². The van der Waals surface area contributed by atoms with E-state index in [1.807, 2.05) is 0 Å². The minimum atomic E-state index is 1.01. The van der Waals surface area contributed by atoms with Gasteiger partial charge in [-0.2, -0.15) is 11.8 Å². The second-order valence-electron chi connectivity index (χ2n) is 4.51. The fourth-order valence-corrected chi connectivity index (χ4v) is 3.77. The van der Waals surface area contributed by atoms with Crippen LogP contribution in [-0.2, 0) is 0 Å². The molecule has 2 fully saturated rings. The summed E-state index contributed by atoms with van der Waals surface area (Å²) in [5.41, 5.74) is 0. The predicted molar refractivity (Wildman–Crippen MR) is 60.2 cm³/mol. The van der Waals surface area contributed by atoms with Crippen LogP contribution in [0.1, 0.15) is 25.7 Å².